The van der Waals surface area contributed by atoms with Crippen molar-refractivity contribution in [3.8, 4) is 11.1 Å². The summed E-state index contributed by atoms with van der Waals surface area (Å²) >= 11 is 0. The van der Waals surface area contributed by atoms with Crippen molar-refractivity contribution in [3.05, 3.63) is 115 Å². The molecule has 4 aromatic rings. The molecule has 456 valence electrons. The molecule has 1 unspecified atom stereocenters. The van der Waals surface area contributed by atoms with E-state index in [9.17, 15) is 30.3 Å². The Morgan fingerprint density at radius 1 is 0.720 bits per heavy atom. The fourth-order valence-electron chi connectivity index (χ4n) is 14.2. The van der Waals surface area contributed by atoms with Crippen LogP contribution in [0, 0.1) is 17.8 Å². The normalized spacial score (nSPS) is 35.1. The van der Waals surface area contributed by atoms with Crippen LogP contribution in [0.2, 0.25) is 0 Å². The van der Waals surface area contributed by atoms with Gasteiger partial charge in [-0.3, -0.25) is 4.79 Å². The number of benzene rings is 4. The Morgan fingerprint density at radius 3 is 1.89 bits per heavy atom. The summed E-state index contributed by atoms with van der Waals surface area (Å²) in [6, 6.07) is 41.4. The zero-order valence-corrected chi connectivity index (χ0v) is 52.5. The number of methoxy groups -OCH3 is 1. The molecule has 17 atom stereocenters. The molecule has 0 radical (unpaired) electrons. The first kappa shape index (κ1) is 65.9. The third-order valence-electron chi connectivity index (χ3n) is 19.3. The molecule has 0 aliphatic carbocycles. The minimum Gasteiger partial charge on any atom is -0.384 e. The van der Waals surface area contributed by atoms with E-state index in [0.29, 0.717) is 19.5 Å². The van der Waals surface area contributed by atoms with Crippen molar-refractivity contribution in [2.75, 3.05) is 40.5 Å². The summed E-state index contributed by atoms with van der Waals surface area (Å²) < 4.78 is 32.2. The number of hydrogen-bond donors (Lipinski definition) is 5. The molecule has 0 spiro atoms. The summed E-state index contributed by atoms with van der Waals surface area (Å²) in [6.07, 6.45) is 0.555. The second kappa shape index (κ2) is 29.2. The van der Waals surface area contributed by atoms with Crippen molar-refractivity contribution in [3.63, 3.8) is 0 Å². The van der Waals surface area contributed by atoms with Gasteiger partial charge in [0, 0.05) is 25.5 Å². The van der Waals surface area contributed by atoms with Crippen LogP contribution >= 0.6 is 7.26 Å². The molecule has 3 heterocycles. The Labute approximate surface area is 492 Å². The topological polar surface area (TPSA) is 171 Å². The molecule has 3 aliphatic heterocycles. The summed E-state index contributed by atoms with van der Waals surface area (Å²) in [4.78, 5) is 19.0. The van der Waals surface area contributed by atoms with Crippen LogP contribution in [0.1, 0.15) is 133 Å². The van der Waals surface area contributed by atoms with Gasteiger partial charge in [-0.1, -0.05) is 13.8 Å². The Bertz CT molecular complexity index is 2520. The second-order valence-corrected chi connectivity index (χ2v) is 29.8. The Morgan fingerprint density at radius 2 is 1.29 bits per heavy atom. The molecular weight excluding hydrogens is 1050 g/mol. The number of likely N-dealkylation sites (N-methyl/N-ethyl adjacent to an activating group) is 1. The molecule has 0 bridgehead atoms. The van der Waals surface area contributed by atoms with Crippen LogP contribution in [-0.4, -0.2) is 166 Å². The number of unbranched alkanes of at least 4 members (excludes halogenated alkanes) is 5. The van der Waals surface area contributed by atoms with E-state index in [0.717, 1.165) is 44.7 Å². The Balaban J connectivity index is 1.12. The number of aliphatic hydroxyl groups excluding tert-OH is 3. The number of carbonyl (C=O) groups excluding carboxylic acids is 1. The molecule has 5 N–H and O–H groups in total. The standard InChI is InChI=1S/C68H103N2O11P/c1-13-59-68(9,76)62(72)49(5)70(39-29-16-14-15-17-30-40-82(52-33-23-19-24-34-52,53-35-25-20-26-36-53)58-38-28-27-37-54(58)51-31-21-18-22-32-51)45-46(2)43-66(7,75)60(81-65-61(71)56(69(10)11)41-47(3)78-65)42-55(48(4)64(74)80-59)57-44-67(8,77-12)63(73)50(6)79-57/h18-28,31-38,46-50,55-57,59-63,65,71-73,75-76,82H,13-17,29-30,39-45H2,1-12H3/t46-,47-,48-,49-,50+,55+,56+,57?,59-,60-,61-,62-,63+,65+,66-,67-,68-/m1/s1. The van der Waals surface area contributed by atoms with Crippen molar-refractivity contribution < 1.29 is 54.0 Å². The van der Waals surface area contributed by atoms with Crippen molar-refractivity contribution in [1.29, 1.82) is 0 Å². The van der Waals surface area contributed by atoms with Crippen molar-refractivity contribution in [1.82, 2.24) is 9.80 Å². The predicted molar refractivity (Wildman–Crippen MR) is 332 cm³/mol. The number of nitrogens with zero attached hydrogens (tertiary/aromatic N) is 2. The predicted octanol–water partition coefficient (Wildman–Crippen LogP) is 9.03. The Hall–Kier alpha value is -3.66. The average molecular weight is 1160 g/mol. The summed E-state index contributed by atoms with van der Waals surface area (Å²) in [5, 5.41) is 65.3. The number of cyclic esters (lactones) is 1. The van der Waals surface area contributed by atoms with Crippen LogP contribution in [0.5, 0.6) is 0 Å². The molecule has 3 saturated heterocycles. The number of hydrogen-bond acceptors (Lipinski definition) is 13. The van der Waals surface area contributed by atoms with Crippen LogP contribution in [0.4, 0.5) is 0 Å². The zero-order chi connectivity index (χ0) is 59.6. The molecular formula is C68H103N2O11P. The first-order valence-electron chi connectivity index (χ1n) is 30.9. The van der Waals surface area contributed by atoms with Crippen LogP contribution in [-0.2, 0) is 28.5 Å². The number of ether oxygens (including phenoxy) is 5. The third kappa shape index (κ3) is 15.3. The van der Waals surface area contributed by atoms with E-state index in [-0.39, 0.29) is 43.7 Å². The van der Waals surface area contributed by atoms with Crippen molar-refractivity contribution in [2.45, 2.75) is 217 Å². The number of aliphatic hydroxyl groups is 5. The molecule has 13 nitrogen and oxygen atoms in total. The number of carbonyl (C=O) groups is 1. The fourth-order valence-corrected chi connectivity index (χ4v) is 19.4. The van der Waals surface area contributed by atoms with Gasteiger partial charge in [0.15, 0.2) is 6.29 Å². The fraction of sp³-hybridized carbons (Fsp3) is 0.632. The van der Waals surface area contributed by atoms with E-state index in [1.54, 1.807) is 34.8 Å². The molecule has 0 saturated carbocycles. The van der Waals surface area contributed by atoms with Crippen molar-refractivity contribution in [2.24, 2.45) is 17.8 Å². The number of rotatable bonds is 19. The molecule has 7 rings (SSSR count). The van der Waals surface area contributed by atoms with Gasteiger partial charge in [0.1, 0.15) is 18.3 Å². The maximum absolute atomic E-state index is 14.8. The van der Waals surface area contributed by atoms with E-state index in [1.807, 2.05) is 46.7 Å². The number of esters is 1. The molecule has 14 heteroatoms. The van der Waals surface area contributed by atoms with Gasteiger partial charge in [-0.15, -0.1) is 0 Å². The summed E-state index contributed by atoms with van der Waals surface area (Å²) in [5.74, 6) is -2.31. The van der Waals surface area contributed by atoms with E-state index in [2.05, 4.69) is 127 Å². The van der Waals surface area contributed by atoms with Gasteiger partial charge in [-0.05, 0) is 68.0 Å². The Kier molecular flexibility index (Phi) is 23.4. The van der Waals surface area contributed by atoms with E-state index >= 15 is 0 Å². The minimum absolute atomic E-state index is 0.0927. The molecule has 4 aromatic carbocycles. The van der Waals surface area contributed by atoms with Crippen molar-refractivity contribution >= 4 is 29.1 Å². The van der Waals surface area contributed by atoms with Gasteiger partial charge in [-0.2, -0.15) is 0 Å². The quantitative estimate of drug-likeness (QED) is 0.0343. The van der Waals surface area contributed by atoms with E-state index in [1.165, 1.54) is 27.0 Å². The summed E-state index contributed by atoms with van der Waals surface area (Å²) in [6.45, 7) is 17.6. The minimum atomic E-state index is -2.53. The van der Waals surface area contributed by atoms with Gasteiger partial charge in [0.2, 0.25) is 0 Å². The first-order chi connectivity index (χ1) is 39.0. The molecule has 3 aliphatic rings. The maximum atomic E-state index is 14.8. The van der Waals surface area contributed by atoms with E-state index < -0.39 is 96.9 Å². The van der Waals surface area contributed by atoms with Gasteiger partial charge in [-0.25, -0.2) is 0 Å². The van der Waals surface area contributed by atoms with E-state index in [4.69, 9.17) is 23.7 Å². The van der Waals surface area contributed by atoms with Gasteiger partial charge < -0.3 is 49.0 Å². The van der Waals surface area contributed by atoms with Crippen LogP contribution < -0.4 is 15.9 Å². The smallest absolute Gasteiger partial charge is 0.384 e. The SMILES string of the molecule is CC[C@H]1OC(=O)[C@H](C)[C@@H](C2C[C@@](C)(OC)[C@@H](O)[C@H](C)O2)C[C@@H](O[C@@H]2O[C@H](C)C[C@H](N(C)C)[C@H]2O)[C@](C)(O)C[C@@H](C)CN(CCCCCCCC[PH](c2ccccc2)(c2ccccc2)c2ccccc2-c2ccccc2)[C@H](C)[C@@H](O)[C@]1(C)O. The molecule has 82 heavy (non-hydrogen) atoms. The van der Waals surface area contributed by atoms with Gasteiger partial charge >= 0.3 is 267 Å². The van der Waals surface area contributed by atoms with Crippen LogP contribution in [0.3, 0.4) is 0 Å². The molecule has 0 amide bonds. The molecule has 3 fully saturated rings. The average Bonchev–Trinajstić information content (AvgIpc) is 2.75. The monoisotopic (exact) mass is 1150 g/mol. The summed E-state index contributed by atoms with van der Waals surface area (Å²) in [5.41, 5.74) is -1.87. The van der Waals surface area contributed by atoms with Crippen LogP contribution in [0.25, 0.3) is 11.1 Å². The second-order valence-electron chi connectivity index (χ2n) is 25.8. The van der Waals surface area contributed by atoms with Gasteiger partial charge in [0.05, 0.1) is 41.5 Å². The van der Waals surface area contributed by atoms with Crippen LogP contribution in [0.15, 0.2) is 115 Å². The summed E-state index contributed by atoms with van der Waals surface area (Å²) in [7, 11) is 2.85. The van der Waals surface area contributed by atoms with Gasteiger partial charge in [0.25, 0.3) is 0 Å². The first-order valence-corrected chi connectivity index (χ1v) is 33.1. The third-order valence-corrected chi connectivity index (χ3v) is 24.3. The zero-order valence-electron chi connectivity index (χ0n) is 51.5. The molecule has 0 aromatic heterocycles.